The lowest BCUT2D eigenvalue weighted by Crippen LogP contribution is -1.97. The molecular weight excluding hydrogens is 240 g/mol. The van der Waals surface area contributed by atoms with Gasteiger partial charge < -0.3 is 15.2 Å². The van der Waals surface area contributed by atoms with Gasteiger partial charge in [0.05, 0.1) is 30.3 Å². The third-order valence-corrected chi connectivity index (χ3v) is 3.17. The van der Waals surface area contributed by atoms with E-state index in [-0.39, 0.29) is 0 Å². The van der Waals surface area contributed by atoms with Gasteiger partial charge in [0, 0.05) is 12.0 Å². The molecule has 3 rings (SSSR count). The SMILES string of the molecule is Cc1nc(-c2ccc3c(c2)OCCCO3)ccc1N. The Morgan fingerprint density at radius 2 is 1.84 bits per heavy atom. The number of aryl methyl sites for hydroxylation is 1. The molecule has 0 aliphatic carbocycles. The van der Waals surface area contributed by atoms with Crippen LogP contribution in [0.1, 0.15) is 12.1 Å². The lowest BCUT2D eigenvalue weighted by molar-refractivity contribution is 0.297. The highest BCUT2D eigenvalue weighted by molar-refractivity contribution is 5.65. The lowest BCUT2D eigenvalue weighted by atomic mass is 10.1. The van der Waals surface area contributed by atoms with E-state index in [1.54, 1.807) is 0 Å². The number of fused-ring (bicyclic) bond motifs is 1. The Kier molecular flexibility index (Phi) is 2.99. The quantitative estimate of drug-likeness (QED) is 0.852. The Hall–Kier alpha value is -2.23. The van der Waals surface area contributed by atoms with E-state index in [0.29, 0.717) is 18.9 Å². The number of ether oxygens (including phenoxy) is 2. The molecule has 0 bridgehead atoms. The predicted octanol–water partition coefficient (Wildman–Crippen LogP) is 2.80. The van der Waals surface area contributed by atoms with Crippen molar-refractivity contribution in [1.29, 1.82) is 0 Å². The van der Waals surface area contributed by atoms with Crippen LogP contribution in [-0.4, -0.2) is 18.2 Å². The van der Waals surface area contributed by atoms with E-state index < -0.39 is 0 Å². The first kappa shape index (κ1) is 11.8. The smallest absolute Gasteiger partial charge is 0.161 e. The maximum absolute atomic E-state index is 5.79. The Balaban J connectivity index is 2.01. The zero-order valence-corrected chi connectivity index (χ0v) is 10.8. The van der Waals surface area contributed by atoms with Crippen molar-refractivity contribution >= 4 is 5.69 Å². The molecule has 0 fully saturated rings. The average Bonchev–Trinajstić information content (AvgIpc) is 2.66. The summed E-state index contributed by atoms with van der Waals surface area (Å²) in [6.07, 6.45) is 0.906. The second kappa shape index (κ2) is 4.80. The molecule has 1 aliphatic rings. The molecule has 2 aromatic rings. The van der Waals surface area contributed by atoms with Crippen LogP contribution in [-0.2, 0) is 0 Å². The minimum atomic E-state index is 0.685. The Bertz CT molecular complexity index is 611. The number of aromatic nitrogens is 1. The predicted molar refractivity (Wildman–Crippen MR) is 74.4 cm³/mol. The van der Waals surface area contributed by atoms with Crippen molar-refractivity contribution in [2.75, 3.05) is 18.9 Å². The zero-order chi connectivity index (χ0) is 13.2. The molecule has 1 aromatic carbocycles. The Morgan fingerprint density at radius 1 is 1.05 bits per heavy atom. The van der Waals surface area contributed by atoms with Gasteiger partial charge in [0.25, 0.3) is 0 Å². The van der Waals surface area contributed by atoms with Crippen LogP contribution < -0.4 is 15.2 Å². The standard InChI is InChI=1S/C15H16N2O2/c1-10-12(16)4-5-13(17-10)11-3-6-14-15(9-11)19-8-2-7-18-14/h3-6,9H,2,7-8,16H2,1H3. The number of rotatable bonds is 1. The second-order valence-corrected chi connectivity index (χ2v) is 4.58. The number of hydrogen-bond donors (Lipinski definition) is 1. The fourth-order valence-corrected chi connectivity index (χ4v) is 2.06. The summed E-state index contributed by atoms with van der Waals surface area (Å²) in [5, 5.41) is 0. The highest BCUT2D eigenvalue weighted by Gasteiger charge is 2.12. The third kappa shape index (κ3) is 2.34. The number of pyridine rings is 1. The summed E-state index contributed by atoms with van der Waals surface area (Å²) < 4.78 is 11.3. The van der Waals surface area contributed by atoms with Gasteiger partial charge in [-0.1, -0.05) is 0 Å². The molecule has 0 atom stereocenters. The van der Waals surface area contributed by atoms with Gasteiger partial charge in [0.15, 0.2) is 11.5 Å². The van der Waals surface area contributed by atoms with Crippen LogP contribution in [0.25, 0.3) is 11.3 Å². The average molecular weight is 256 g/mol. The van der Waals surface area contributed by atoms with Crippen molar-refractivity contribution in [1.82, 2.24) is 4.98 Å². The molecule has 1 aromatic heterocycles. The fraction of sp³-hybridized carbons (Fsp3) is 0.267. The molecule has 19 heavy (non-hydrogen) atoms. The molecule has 0 amide bonds. The molecule has 98 valence electrons. The van der Waals surface area contributed by atoms with E-state index in [4.69, 9.17) is 15.2 Å². The van der Waals surface area contributed by atoms with E-state index in [9.17, 15) is 0 Å². The van der Waals surface area contributed by atoms with Crippen LogP contribution in [0.4, 0.5) is 5.69 Å². The van der Waals surface area contributed by atoms with Gasteiger partial charge in [-0.05, 0) is 37.3 Å². The van der Waals surface area contributed by atoms with Gasteiger partial charge >= 0.3 is 0 Å². The van der Waals surface area contributed by atoms with Crippen molar-refractivity contribution in [2.24, 2.45) is 0 Å². The summed E-state index contributed by atoms with van der Waals surface area (Å²) >= 11 is 0. The summed E-state index contributed by atoms with van der Waals surface area (Å²) in [5.74, 6) is 1.58. The summed E-state index contributed by atoms with van der Waals surface area (Å²) in [5.41, 5.74) is 9.23. The molecule has 4 heteroatoms. The van der Waals surface area contributed by atoms with Crippen molar-refractivity contribution in [2.45, 2.75) is 13.3 Å². The highest BCUT2D eigenvalue weighted by Crippen LogP contribution is 2.33. The van der Waals surface area contributed by atoms with Gasteiger partial charge in [-0.25, -0.2) is 0 Å². The molecule has 2 N–H and O–H groups in total. The van der Waals surface area contributed by atoms with Gasteiger partial charge in [0.2, 0.25) is 0 Å². The third-order valence-electron chi connectivity index (χ3n) is 3.17. The van der Waals surface area contributed by atoms with E-state index in [0.717, 1.165) is 34.9 Å². The van der Waals surface area contributed by atoms with Crippen LogP contribution in [0.3, 0.4) is 0 Å². The van der Waals surface area contributed by atoms with E-state index >= 15 is 0 Å². The number of anilines is 1. The minimum absolute atomic E-state index is 0.685. The van der Waals surface area contributed by atoms with Crippen LogP contribution in [0.15, 0.2) is 30.3 Å². The molecule has 0 radical (unpaired) electrons. The largest absolute Gasteiger partial charge is 0.490 e. The van der Waals surface area contributed by atoms with Crippen molar-refractivity contribution in [3.05, 3.63) is 36.0 Å². The molecule has 0 unspecified atom stereocenters. The second-order valence-electron chi connectivity index (χ2n) is 4.58. The maximum Gasteiger partial charge on any atom is 0.161 e. The monoisotopic (exact) mass is 256 g/mol. The van der Waals surface area contributed by atoms with Crippen molar-refractivity contribution in [3.63, 3.8) is 0 Å². The Labute approximate surface area is 112 Å². The molecule has 0 spiro atoms. The van der Waals surface area contributed by atoms with Crippen LogP contribution in [0.2, 0.25) is 0 Å². The molecule has 4 nitrogen and oxygen atoms in total. The summed E-state index contributed by atoms with van der Waals surface area (Å²) in [4.78, 5) is 4.49. The maximum atomic E-state index is 5.79. The minimum Gasteiger partial charge on any atom is -0.490 e. The number of benzene rings is 1. The zero-order valence-electron chi connectivity index (χ0n) is 10.8. The van der Waals surface area contributed by atoms with Crippen LogP contribution in [0, 0.1) is 6.92 Å². The molecule has 0 saturated carbocycles. The molecule has 1 aliphatic heterocycles. The lowest BCUT2D eigenvalue weighted by Gasteiger charge is -2.10. The van der Waals surface area contributed by atoms with E-state index in [2.05, 4.69) is 4.98 Å². The summed E-state index contributed by atoms with van der Waals surface area (Å²) in [7, 11) is 0. The van der Waals surface area contributed by atoms with E-state index in [1.807, 2.05) is 37.3 Å². The van der Waals surface area contributed by atoms with Gasteiger partial charge in [-0.2, -0.15) is 0 Å². The number of nitrogen functional groups attached to an aromatic ring is 1. The number of nitrogens with two attached hydrogens (primary N) is 1. The fourth-order valence-electron chi connectivity index (χ4n) is 2.06. The molecular formula is C15H16N2O2. The Morgan fingerprint density at radius 3 is 2.63 bits per heavy atom. The first-order valence-electron chi connectivity index (χ1n) is 6.37. The highest BCUT2D eigenvalue weighted by atomic mass is 16.5. The molecule has 2 heterocycles. The van der Waals surface area contributed by atoms with Gasteiger partial charge in [-0.15, -0.1) is 0 Å². The normalized spacial score (nSPS) is 13.9. The van der Waals surface area contributed by atoms with Crippen LogP contribution in [0.5, 0.6) is 11.5 Å². The first-order chi connectivity index (χ1) is 9.24. The summed E-state index contributed by atoms with van der Waals surface area (Å²) in [6, 6.07) is 9.69. The van der Waals surface area contributed by atoms with Gasteiger partial charge in [0.1, 0.15) is 0 Å². The summed E-state index contributed by atoms with van der Waals surface area (Å²) in [6.45, 7) is 3.29. The first-order valence-corrected chi connectivity index (χ1v) is 6.37. The van der Waals surface area contributed by atoms with Gasteiger partial charge in [-0.3, -0.25) is 4.98 Å². The number of nitrogens with zero attached hydrogens (tertiary/aromatic N) is 1. The molecule has 0 saturated heterocycles. The van der Waals surface area contributed by atoms with Crippen molar-refractivity contribution in [3.8, 4) is 22.8 Å². The van der Waals surface area contributed by atoms with E-state index in [1.165, 1.54) is 0 Å². The van der Waals surface area contributed by atoms with Crippen LogP contribution >= 0.6 is 0 Å². The van der Waals surface area contributed by atoms with Crippen molar-refractivity contribution < 1.29 is 9.47 Å². The topological polar surface area (TPSA) is 57.4 Å². The number of hydrogen-bond acceptors (Lipinski definition) is 4.